The second kappa shape index (κ2) is 7.59. The lowest BCUT2D eigenvalue weighted by Crippen LogP contribution is -2.37. The number of rotatable bonds is 7. The number of halogens is 2. The average molecular weight is 269 g/mol. The quantitative estimate of drug-likeness (QED) is 0.783. The van der Waals surface area contributed by atoms with Crippen molar-refractivity contribution in [3.63, 3.8) is 0 Å². The molecule has 0 aliphatic carbocycles. The van der Waals surface area contributed by atoms with Gasteiger partial charge in [0.1, 0.15) is 11.6 Å². The van der Waals surface area contributed by atoms with Gasteiger partial charge in [-0.15, -0.1) is 0 Å². The Balaban J connectivity index is 2.77. The summed E-state index contributed by atoms with van der Waals surface area (Å²) in [7, 11) is 0. The van der Waals surface area contributed by atoms with Gasteiger partial charge >= 0.3 is 0 Å². The first-order chi connectivity index (χ1) is 8.93. The van der Waals surface area contributed by atoms with Gasteiger partial charge < -0.3 is 5.32 Å². The van der Waals surface area contributed by atoms with E-state index in [0.717, 1.165) is 24.6 Å². The molecular formula is C16H25F2N. The van der Waals surface area contributed by atoms with E-state index < -0.39 is 11.6 Å². The third-order valence-electron chi connectivity index (χ3n) is 3.61. The minimum absolute atomic E-state index is 0.339. The summed E-state index contributed by atoms with van der Waals surface area (Å²) in [5.74, 6) is -0.156. The lowest BCUT2D eigenvalue weighted by molar-refractivity contribution is 0.288. The highest BCUT2D eigenvalue weighted by Gasteiger charge is 2.21. The molecule has 0 saturated carbocycles. The molecule has 1 nitrogen and oxygen atoms in total. The Morgan fingerprint density at radius 3 is 2.11 bits per heavy atom. The molecule has 0 radical (unpaired) electrons. The first kappa shape index (κ1) is 16.1. The molecule has 0 spiro atoms. The molecular weight excluding hydrogens is 244 g/mol. The van der Waals surface area contributed by atoms with E-state index in [-0.39, 0.29) is 0 Å². The number of nitrogens with one attached hydrogen (secondary N) is 1. The molecule has 0 fully saturated rings. The van der Waals surface area contributed by atoms with Gasteiger partial charge in [-0.2, -0.15) is 0 Å². The Kier molecular flexibility index (Phi) is 6.43. The molecule has 0 heterocycles. The maximum Gasteiger partial charge on any atom is 0.126 e. The van der Waals surface area contributed by atoms with Crippen LogP contribution in [0.5, 0.6) is 0 Å². The van der Waals surface area contributed by atoms with Crippen molar-refractivity contribution in [2.75, 3.05) is 6.54 Å². The van der Waals surface area contributed by atoms with E-state index in [9.17, 15) is 8.78 Å². The summed E-state index contributed by atoms with van der Waals surface area (Å²) in [4.78, 5) is 0. The minimum Gasteiger partial charge on any atom is -0.314 e. The standard InChI is InChI=1S/C16H25F2N/c1-5-6-19-12(4)16(11(2)3)9-13-7-14(17)10-15(18)8-13/h7-8,10-12,16,19H,5-6,9H2,1-4H3. The number of benzene rings is 1. The van der Waals surface area contributed by atoms with Crippen molar-refractivity contribution in [1.29, 1.82) is 0 Å². The van der Waals surface area contributed by atoms with Gasteiger partial charge in [0.2, 0.25) is 0 Å². The lowest BCUT2D eigenvalue weighted by atomic mass is 9.84. The highest BCUT2D eigenvalue weighted by molar-refractivity contribution is 5.18. The van der Waals surface area contributed by atoms with Crippen molar-refractivity contribution < 1.29 is 8.78 Å². The number of hydrogen-bond acceptors (Lipinski definition) is 1. The van der Waals surface area contributed by atoms with Gasteiger partial charge in [0.05, 0.1) is 0 Å². The van der Waals surface area contributed by atoms with Crippen molar-refractivity contribution in [2.24, 2.45) is 11.8 Å². The van der Waals surface area contributed by atoms with E-state index in [0.29, 0.717) is 24.3 Å². The van der Waals surface area contributed by atoms with E-state index in [2.05, 4.69) is 33.0 Å². The minimum atomic E-state index is -0.494. The fourth-order valence-electron chi connectivity index (χ4n) is 2.51. The van der Waals surface area contributed by atoms with Crippen LogP contribution in [0.25, 0.3) is 0 Å². The summed E-state index contributed by atoms with van der Waals surface area (Å²) in [6, 6.07) is 4.13. The van der Waals surface area contributed by atoms with Gasteiger partial charge in [-0.1, -0.05) is 20.8 Å². The Labute approximate surface area is 115 Å². The summed E-state index contributed by atoms with van der Waals surface area (Å²) in [6.07, 6.45) is 1.79. The summed E-state index contributed by atoms with van der Waals surface area (Å²) >= 11 is 0. The summed E-state index contributed by atoms with van der Waals surface area (Å²) < 4.78 is 26.5. The Hall–Kier alpha value is -0.960. The molecule has 0 aromatic heterocycles. The van der Waals surface area contributed by atoms with Gasteiger partial charge in [-0.05, 0) is 55.8 Å². The summed E-state index contributed by atoms with van der Waals surface area (Å²) in [6.45, 7) is 9.57. The molecule has 0 saturated heterocycles. The molecule has 0 aliphatic rings. The molecule has 0 aliphatic heterocycles. The molecule has 0 amide bonds. The normalized spacial score (nSPS) is 14.7. The summed E-state index contributed by atoms with van der Waals surface area (Å²) in [5, 5.41) is 3.48. The monoisotopic (exact) mass is 269 g/mol. The third kappa shape index (κ3) is 5.27. The van der Waals surface area contributed by atoms with Crippen LogP contribution >= 0.6 is 0 Å². The molecule has 108 valence electrons. The zero-order chi connectivity index (χ0) is 14.4. The Bertz CT molecular complexity index is 370. The summed E-state index contributed by atoms with van der Waals surface area (Å²) in [5.41, 5.74) is 0.737. The van der Waals surface area contributed by atoms with Crippen molar-refractivity contribution in [1.82, 2.24) is 5.32 Å². The molecule has 1 N–H and O–H groups in total. The van der Waals surface area contributed by atoms with Crippen LogP contribution in [0, 0.1) is 23.5 Å². The van der Waals surface area contributed by atoms with Crippen LogP contribution in [0.3, 0.4) is 0 Å². The predicted molar refractivity (Wildman–Crippen MR) is 76.1 cm³/mol. The van der Waals surface area contributed by atoms with Crippen LogP contribution < -0.4 is 5.32 Å². The van der Waals surface area contributed by atoms with E-state index in [1.807, 2.05) is 0 Å². The topological polar surface area (TPSA) is 12.0 Å². The predicted octanol–water partition coefficient (Wildman–Crippen LogP) is 4.17. The highest BCUT2D eigenvalue weighted by Crippen LogP contribution is 2.22. The Morgan fingerprint density at radius 1 is 1.05 bits per heavy atom. The molecule has 1 aromatic rings. The highest BCUT2D eigenvalue weighted by atomic mass is 19.1. The first-order valence-electron chi connectivity index (χ1n) is 7.12. The molecule has 1 aromatic carbocycles. The average Bonchev–Trinajstić information content (AvgIpc) is 2.31. The fourth-order valence-corrected chi connectivity index (χ4v) is 2.51. The fraction of sp³-hybridized carbons (Fsp3) is 0.625. The van der Waals surface area contributed by atoms with Gasteiger partial charge in [0, 0.05) is 12.1 Å². The van der Waals surface area contributed by atoms with Crippen molar-refractivity contribution in [3.05, 3.63) is 35.4 Å². The Morgan fingerprint density at radius 2 is 1.63 bits per heavy atom. The van der Waals surface area contributed by atoms with Crippen LogP contribution in [0.15, 0.2) is 18.2 Å². The number of hydrogen-bond donors (Lipinski definition) is 1. The van der Waals surface area contributed by atoms with Crippen molar-refractivity contribution in [3.8, 4) is 0 Å². The van der Waals surface area contributed by atoms with Gasteiger partial charge in [0.25, 0.3) is 0 Å². The molecule has 1 rings (SSSR count). The zero-order valence-corrected chi connectivity index (χ0v) is 12.3. The maximum absolute atomic E-state index is 13.2. The third-order valence-corrected chi connectivity index (χ3v) is 3.61. The van der Waals surface area contributed by atoms with Crippen LogP contribution in [-0.4, -0.2) is 12.6 Å². The largest absolute Gasteiger partial charge is 0.314 e. The second-order valence-electron chi connectivity index (χ2n) is 5.63. The molecule has 2 atom stereocenters. The van der Waals surface area contributed by atoms with E-state index in [1.54, 1.807) is 0 Å². The van der Waals surface area contributed by atoms with Crippen LogP contribution in [0.2, 0.25) is 0 Å². The van der Waals surface area contributed by atoms with Crippen molar-refractivity contribution in [2.45, 2.75) is 46.6 Å². The molecule has 0 bridgehead atoms. The zero-order valence-electron chi connectivity index (χ0n) is 12.3. The first-order valence-corrected chi connectivity index (χ1v) is 7.12. The lowest BCUT2D eigenvalue weighted by Gasteiger charge is -2.28. The smallest absolute Gasteiger partial charge is 0.126 e. The maximum atomic E-state index is 13.2. The van der Waals surface area contributed by atoms with E-state index in [1.165, 1.54) is 12.1 Å². The van der Waals surface area contributed by atoms with Gasteiger partial charge in [0.15, 0.2) is 0 Å². The molecule has 19 heavy (non-hydrogen) atoms. The molecule has 2 unspecified atom stereocenters. The van der Waals surface area contributed by atoms with Gasteiger partial charge in [-0.3, -0.25) is 0 Å². The van der Waals surface area contributed by atoms with E-state index >= 15 is 0 Å². The second-order valence-corrected chi connectivity index (χ2v) is 5.63. The molecule has 3 heteroatoms. The van der Waals surface area contributed by atoms with E-state index in [4.69, 9.17) is 0 Å². The van der Waals surface area contributed by atoms with Gasteiger partial charge in [-0.25, -0.2) is 8.78 Å². The van der Waals surface area contributed by atoms with Crippen molar-refractivity contribution >= 4 is 0 Å². The van der Waals surface area contributed by atoms with Crippen LogP contribution in [-0.2, 0) is 6.42 Å². The SMILES string of the molecule is CCCNC(C)C(Cc1cc(F)cc(F)c1)C(C)C. The van der Waals surface area contributed by atoms with Crippen LogP contribution in [0.1, 0.15) is 39.7 Å². The van der Waals surface area contributed by atoms with Crippen LogP contribution in [0.4, 0.5) is 8.78 Å².